The van der Waals surface area contributed by atoms with Gasteiger partial charge < -0.3 is 5.32 Å². The molecular formula is C26H20N2O3. The van der Waals surface area contributed by atoms with Gasteiger partial charge >= 0.3 is 0 Å². The molecule has 4 rings (SSSR count). The van der Waals surface area contributed by atoms with E-state index >= 15 is 0 Å². The van der Waals surface area contributed by atoms with Gasteiger partial charge in [0.2, 0.25) is 0 Å². The molecular weight excluding hydrogens is 388 g/mol. The molecule has 0 heterocycles. The predicted molar refractivity (Wildman–Crippen MR) is 121 cm³/mol. The second-order valence-electron chi connectivity index (χ2n) is 6.96. The number of carbonyl (C=O) groups is 2. The van der Waals surface area contributed by atoms with Gasteiger partial charge in [-0.05, 0) is 52.6 Å². The quantitative estimate of drug-likeness (QED) is 0.306. The Morgan fingerprint density at radius 2 is 1.19 bits per heavy atom. The molecule has 0 aliphatic heterocycles. The fraction of sp³-hybridized carbons (Fsp3) is 0. The van der Waals surface area contributed by atoms with Crippen LogP contribution < -0.4 is 10.8 Å². The first kappa shape index (κ1) is 20.1. The molecule has 0 spiro atoms. The zero-order chi connectivity index (χ0) is 21.6. The van der Waals surface area contributed by atoms with Crippen molar-refractivity contribution >= 4 is 17.5 Å². The molecule has 0 bridgehead atoms. The Hall–Kier alpha value is -4.22. The lowest BCUT2D eigenvalue weighted by Gasteiger charge is -2.11. The van der Waals surface area contributed by atoms with E-state index in [1.54, 1.807) is 35.8 Å². The lowest BCUT2D eigenvalue weighted by Crippen LogP contribution is -2.19. The van der Waals surface area contributed by atoms with Crippen LogP contribution in [0, 0.1) is 0 Å². The van der Waals surface area contributed by atoms with Crippen LogP contribution in [0.15, 0.2) is 103 Å². The maximum absolute atomic E-state index is 12.6. The third kappa shape index (κ3) is 4.52. The molecule has 152 valence electrons. The Labute approximate surface area is 180 Å². The van der Waals surface area contributed by atoms with Gasteiger partial charge in [-0.2, -0.15) is 0 Å². The highest BCUT2D eigenvalue weighted by molar-refractivity contribution is 6.05. The van der Waals surface area contributed by atoms with Crippen LogP contribution in [-0.4, -0.2) is 17.0 Å². The van der Waals surface area contributed by atoms with Crippen molar-refractivity contribution in [1.29, 1.82) is 0 Å². The molecule has 0 unspecified atom stereocenters. The molecule has 0 atom stereocenters. The van der Waals surface area contributed by atoms with Crippen LogP contribution >= 0.6 is 0 Å². The average molecular weight is 408 g/mol. The van der Waals surface area contributed by atoms with E-state index in [0.29, 0.717) is 11.3 Å². The Morgan fingerprint density at radius 3 is 1.84 bits per heavy atom. The average Bonchev–Trinajstić information content (AvgIpc) is 2.84. The number of anilines is 1. The predicted octanol–water partition coefficient (Wildman–Crippen LogP) is 5.39. The van der Waals surface area contributed by atoms with Gasteiger partial charge in [0, 0.05) is 16.8 Å². The monoisotopic (exact) mass is 408 g/mol. The highest BCUT2D eigenvalue weighted by atomic mass is 16.5. The summed E-state index contributed by atoms with van der Waals surface area (Å²) in [6.07, 6.45) is 0. The van der Waals surface area contributed by atoms with Crippen LogP contribution in [0.25, 0.3) is 22.3 Å². The number of hydrogen-bond acceptors (Lipinski definition) is 3. The first-order valence-corrected chi connectivity index (χ1v) is 9.76. The summed E-state index contributed by atoms with van der Waals surface area (Å²) in [7, 11) is 0. The molecule has 0 saturated carbocycles. The first-order valence-electron chi connectivity index (χ1n) is 9.76. The summed E-state index contributed by atoms with van der Waals surface area (Å²) in [5.74, 6) is -0.929. The highest BCUT2D eigenvalue weighted by Gasteiger charge is 2.11. The van der Waals surface area contributed by atoms with Gasteiger partial charge in [0.25, 0.3) is 11.8 Å². The molecule has 5 heteroatoms. The van der Waals surface area contributed by atoms with E-state index in [2.05, 4.69) is 29.6 Å². The molecule has 5 nitrogen and oxygen atoms in total. The minimum atomic E-state index is -0.641. The largest absolute Gasteiger partial charge is 0.322 e. The minimum Gasteiger partial charge on any atom is -0.322 e. The molecule has 4 aromatic carbocycles. The number of benzene rings is 4. The second-order valence-corrected chi connectivity index (χ2v) is 6.96. The molecule has 2 amide bonds. The number of carbonyl (C=O) groups excluding carboxylic acids is 2. The molecule has 0 fully saturated rings. The van der Waals surface area contributed by atoms with Crippen LogP contribution in [0.1, 0.15) is 20.7 Å². The standard InChI is InChI=1S/C26H20N2O3/c29-25(27-22-10-6-9-21(17-22)26(30)28-31)20-15-13-19(14-16-20)24-12-5-4-11-23(24)18-7-2-1-3-8-18/h1-17,31H,(H,27,29)(H,28,30). The number of amides is 2. The van der Waals surface area contributed by atoms with Crippen molar-refractivity contribution in [2.24, 2.45) is 0 Å². The van der Waals surface area contributed by atoms with Crippen molar-refractivity contribution < 1.29 is 14.8 Å². The first-order chi connectivity index (χ1) is 15.2. The zero-order valence-electron chi connectivity index (χ0n) is 16.6. The molecule has 0 radical (unpaired) electrons. The minimum absolute atomic E-state index is 0.244. The zero-order valence-corrected chi connectivity index (χ0v) is 16.6. The topological polar surface area (TPSA) is 78.4 Å². The third-order valence-corrected chi connectivity index (χ3v) is 4.95. The number of rotatable bonds is 5. The molecule has 0 aliphatic rings. The van der Waals surface area contributed by atoms with Crippen LogP contribution in [0.4, 0.5) is 5.69 Å². The third-order valence-electron chi connectivity index (χ3n) is 4.95. The van der Waals surface area contributed by atoms with E-state index < -0.39 is 5.91 Å². The number of hydrogen-bond donors (Lipinski definition) is 3. The van der Waals surface area contributed by atoms with E-state index in [0.717, 1.165) is 22.3 Å². The molecule has 0 aromatic heterocycles. The van der Waals surface area contributed by atoms with Crippen LogP contribution in [0.2, 0.25) is 0 Å². The van der Waals surface area contributed by atoms with Crippen molar-refractivity contribution in [3.8, 4) is 22.3 Å². The smallest absolute Gasteiger partial charge is 0.274 e. The Kier molecular flexibility index (Phi) is 5.87. The van der Waals surface area contributed by atoms with E-state index in [-0.39, 0.29) is 11.5 Å². The molecule has 0 aliphatic carbocycles. The molecule has 0 saturated heterocycles. The van der Waals surface area contributed by atoms with Crippen molar-refractivity contribution in [3.63, 3.8) is 0 Å². The summed E-state index contributed by atoms with van der Waals surface area (Å²) in [4.78, 5) is 24.2. The van der Waals surface area contributed by atoms with Crippen molar-refractivity contribution in [2.75, 3.05) is 5.32 Å². The van der Waals surface area contributed by atoms with E-state index in [4.69, 9.17) is 5.21 Å². The fourth-order valence-electron chi connectivity index (χ4n) is 3.41. The Morgan fingerprint density at radius 1 is 0.581 bits per heavy atom. The normalized spacial score (nSPS) is 10.4. The van der Waals surface area contributed by atoms with E-state index in [9.17, 15) is 9.59 Å². The summed E-state index contributed by atoms with van der Waals surface area (Å²) < 4.78 is 0. The molecule has 4 aromatic rings. The fourth-order valence-corrected chi connectivity index (χ4v) is 3.41. The summed E-state index contributed by atoms with van der Waals surface area (Å²) in [6.45, 7) is 0. The highest BCUT2D eigenvalue weighted by Crippen LogP contribution is 2.32. The van der Waals surface area contributed by atoms with Gasteiger partial charge in [-0.3, -0.25) is 14.8 Å². The van der Waals surface area contributed by atoms with Crippen LogP contribution in [0.3, 0.4) is 0 Å². The number of nitrogens with one attached hydrogen (secondary N) is 2. The summed E-state index contributed by atoms with van der Waals surface area (Å²) in [6, 6.07) is 32.1. The lowest BCUT2D eigenvalue weighted by molar-refractivity contribution is 0.0706. The second kappa shape index (κ2) is 9.07. The Balaban J connectivity index is 1.56. The summed E-state index contributed by atoms with van der Waals surface area (Å²) in [5.41, 5.74) is 7.14. The molecule has 31 heavy (non-hydrogen) atoms. The van der Waals surface area contributed by atoms with Gasteiger partial charge in [0.15, 0.2) is 0 Å². The Bertz CT molecular complexity index is 1220. The maximum atomic E-state index is 12.6. The number of hydroxylamine groups is 1. The SMILES string of the molecule is O=C(NO)c1cccc(NC(=O)c2ccc(-c3ccccc3-c3ccccc3)cc2)c1. The van der Waals surface area contributed by atoms with Crippen molar-refractivity contribution in [1.82, 2.24) is 5.48 Å². The lowest BCUT2D eigenvalue weighted by atomic mass is 9.94. The summed E-state index contributed by atoms with van der Waals surface area (Å²) >= 11 is 0. The van der Waals surface area contributed by atoms with Gasteiger partial charge in [-0.15, -0.1) is 0 Å². The van der Waals surface area contributed by atoms with Crippen molar-refractivity contribution in [2.45, 2.75) is 0 Å². The van der Waals surface area contributed by atoms with E-state index in [1.165, 1.54) is 6.07 Å². The molecule has 3 N–H and O–H groups in total. The van der Waals surface area contributed by atoms with Crippen LogP contribution in [-0.2, 0) is 0 Å². The maximum Gasteiger partial charge on any atom is 0.274 e. The van der Waals surface area contributed by atoms with Crippen LogP contribution in [0.5, 0.6) is 0 Å². The van der Waals surface area contributed by atoms with Crippen molar-refractivity contribution in [3.05, 3.63) is 114 Å². The van der Waals surface area contributed by atoms with E-state index in [1.807, 2.05) is 42.5 Å². The summed E-state index contributed by atoms with van der Waals surface area (Å²) in [5, 5.41) is 11.5. The van der Waals surface area contributed by atoms with Gasteiger partial charge in [0.1, 0.15) is 0 Å². The van der Waals surface area contributed by atoms with Gasteiger partial charge in [0.05, 0.1) is 0 Å². The van der Waals surface area contributed by atoms with Gasteiger partial charge in [-0.1, -0.05) is 72.8 Å². The van der Waals surface area contributed by atoms with Gasteiger partial charge in [-0.25, -0.2) is 5.48 Å².